The van der Waals surface area contributed by atoms with Crippen molar-refractivity contribution in [3.05, 3.63) is 48.7 Å². The van der Waals surface area contributed by atoms with Crippen molar-refractivity contribution in [2.45, 2.75) is 19.9 Å². The topological polar surface area (TPSA) is 47.3 Å². The number of halogens is 1. The number of hydrazine groups is 1. The van der Waals surface area contributed by atoms with E-state index in [1.54, 1.807) is 18.4 Å². The van der Waals surface area contributed by atoms with Gasteiger partial charge in [0.1, 0.15) is 5.75 Å². The molecule has 1 heterocycles. The minimum atomic E-state index is 0.0179. The predicted octanol–water partition coefficient (Wildman–Crippen LogP) is 3.53. The SMILES string of the molecule is COc1cc(C)c(C(NN)c2csc(I)c2)cc1C. The van der Waals surface area contributed by atoms with Gasteiger partial charge in [0.2, 0.25) is 0 Å². The summed E-state index contributed by atoms with van der Waals surface area (Å²) in [6, 6.07) is 6.38. The Labute approximate surface area is 131 Å². The monoisotopic (exact) mass is 388 g/mol. The van der Waals surface area contributed by atoms with Crippen LogP contribution in [0.5, 0.6) is 5.75 Å². The molecule has 1 unspecified atom stereocenters. The van der Waals surface area contributed by atoms with Crippen LogP contribution in [0.1, 0.15) is 28.3 Å². The summed E-state index contributed by atoms with van der Waals surface area (Å²) < 4.78 is 6.61. The number of rotatable bonds is 4. The Kier molecular flexibility index (Phi) is 4.83. The highest BCUT2D eigenvalue weighted by atomic mass is 127. The van der Waals surface area contributed by atoms with Gasteiger partial charge in [-0.05, 0) is 76.2 Å². The minimum absolute atomic E-state index is 0.0179. The first-order valence-corrected chi connectivity index (χ1v) is 7.88. The highest BCUT2D eigenvalue weighted by Gasteiger charge is 2.17. The molecule has 0 aliphatic rings. The number of benzene rings is 1. The fourth-order valence-electron chi connectivity index (χ4n) is 2.18. The lowest BCUT2D eigenvalue weighted by atomic mass is 9.95. The van der Waals surface area contributed by atoms with E-state index in [4.69, 9.17) is 10.6 Å². The molecule has 5 heteroatoms. The minimum Gasteiger partial charge on any atom is -0.496 e. The van der Waals surface area contributed by atoms with Crippen molar-refractivity contribution in [3.8, 4) is 5.75 Å². The summed E-state index contributed by atoms with van der Waals surface area (Å²) in [5, 5.41) is 2.14. The van der Waals surface area contributed by atoms with Gasteiger partial charge in [0.25, 0.3) is 0 Å². The molecule has 0 amide bonds. The van der Waals surface area contributed by atoms with E-state index in [1.165, 1.54) is 19.6 Å². The first-order valence-electron chi connectivity index (χ1n) is 5.92. The van der Waals surface area contributed by atoms with Crippen molar-refractivity contribution in [3.63, 3.8) is 0 Å². The molecule has 0 saturated heterocycles. The van der Waals surface area contributed by atoms with E-state index < -0.39 is 0 Å². The molecule has 0 aliphatic carbocycles. The highest BCUT2D eigenvalue weighted by molar-refractivity contribution is 14.1. The third-order valence-electron chi connectivity index (χ3n) is 3.18. The van der Waals surface area contributed by atoms with Gasteiger partial charge in [-0.3, -0.25) is 5.84 Å². The summed E-state index contributed by atoms with van der Waals surface area (Å²) in [6.45, 7) is 4.13. The van der Waals surface area contributed by atoms with Gasteiger partial charge >= 0.3 is 0 Å². The fraction of sp³-hybridized carbons (Fsp3) is 0.286. The molecule has 3 N–H and O–H groups in total. The Morgan fingerprint density at radius 3 is 2.53 bits per heavy atom. The number of methoxy groups -OCH3 is 1. The van der Waals surface area contributed by atoms with E-state index in [1.807, 2.05) is 6.92 Å². The van der Waals surface area contributed by atoms with E-state index in [9.17, 15) is 0 Å². The Hall–Kier alpha value is -0.630. The summed E-state index contributed by atoms with van der Waals surface area (Å²) in [5.41, 5.74) is 7.60. The van der Waals surface area contributed by atoms with Crippen molar-refractivity contribution in [1.29, 1.82) is 0 Å². The van der Waals surface area contributed by atoms with Crippen LogP contribution in [0.25, 0.3) is 0 Å². The van der Waals surface area contributed by atoms with Gasteiger partial charge in [-0.2, -0.15) is 0 Å². The van der Waals surface area contributed by atoms with E-state index in [0.717, 1.165) is 11.3 Å². The van der Waals surface area contributed by atoms with E-state index in [2.05, 4.69) is 58.5 Å². The molecule has 1 aromatic carbocycles. The number of ether oxygens (including phenoxy) is 1. The normalized spacial score (nSPS) is 12.5. The Morgan fingerprint density at radius 1 is 1.26 bits per heavy atom. The number of nitrogens with two attached hydrogens (primary N) is 1. The third-order valence-corrected chi connectivity index (χ3v) is 4.99. The molecular weight excluding hydrogens is 371 g/mol. The maximum Gasteiger partial charge on any atom is 0.122 e. The fourth-order valence-corrected chi connectivity index (χ4v) is 3.58. The van der Waals surface area contributed by atoms with Crippen LogP contribution in [0, 0.1) is 16.7 Å². The summed E-state index contributed by atoms with van der Waals surface area (Å²) in [7, 11) is 1.70. The predicted molar refractivity (Wildman–Crippen MR) is 88.7 cm³/mol. The first kappa shape index (κ1) is 14.8. The number of thiophene rings is 1. The maximum absolute atomic E-state index is 5.76. The number of hydrogen-bond donors (Lipinski definition) is 2. The quantitative estimate of drug-likeness (QED) is 0.479. The molecule has 2 aromatic rings. The first-order chi connectivity index (χ1) is 9.06. The highest BCUT2D eigenvalue weighted by Crippen LogP contribution is 2.32. The summed E-state index contributed by atoms with van der Waals surface area (Å²) in [6.07, 6.45) is 0. The van der Waals surface area contributed by atoms with Crippen LogP contribution in [0.4, 0.5) is 0 Å². The largest absolute Gasteiger partial charge is 0.496 e. The zero-order chi connectivity index (χ0) is 14.0. The summed E-state index contributed by atoms with van der Waals surface area (Å²) >= 11 is 4.05. The van der Waals surface area contributed by atoms with Gasteiger partial charge in [0.05, 0.1) is 16.0 Å². The average Bonchev–Trinajstić information content (AvgIpc) is 2.80. The van der Waals surface area contributed by atoms with Crippen molar-refractivity contribution < 1.29 is 4.74 Å². The lowest BCUT2D eigenvalue weighted by Gasteiger charge is -2.19. The van der Waals surface area contributed by atoms with Crippen LogP contribution in [-0.2, 0) is 0 Å². The third kappa shape index (κ3) is 3.10. The van der Waals surface area contributed by atoms with Gasteiger partial charge in [-0.1, -0.05) is 6.07 Å². The lowest BCUT2D eigenvalue weighted by Crippen LogP contribution is -2.29. The molecule has 0 radical (unpaired) electrons. The van der Waals surface area contributed by atoms with Gasteiger partial charge in [-0.15, -0.1) is 11.3 Å². The molecule has 0 bridgehead atoms. The molecule has 3 nitrogen and oxygen atoms in total. The zero-order valence-electron chi connectivity index (χ0n) is 11.2. The van der Waals surface area contributed by atoms with Crippen molar-refractivity contribution in [2.24, 2.45) is 5.84 Å². The molecule has 2 rings (SSSR count). The van der Waals surface area contributed by atoms with Crippen LogP contribution < -0.4 is 16.0 Å². The van der Waals surface area contributed by atoms with Crippen molar-refractivity contribution in [2.75, 3.05) is 7.11 Å². The molecule has 0 fully saturated rings. The molecule has 0 aliphatic heterocycles. The zero-order valence-corrected chi connectivity index (χ0v) is 14.1. The Balaban J connectivity index is 2.47. The van der Waals surface area contributed by atoms with E-state index >= 15 is 0 Å². The van der Waals surface area contributed by atoms with Crippen LogP contribution in [0.2, 0.25) is 0 Å². The second kappa shape index (κ2) is 6.21. The van der Waals surface area contributed by atoms with E-state index in [-0.39, 0.29) is 6.04 Å². The second-order valence-corrected chi connectivity index (χ2v) is 7.27. The Morgan fingerprint density at radius 2 is 2.00 bits per heavy atom. The van der Waals surface area contributed by atoms with Crippen LogP contribution in [0.15, 0.2) is 23.6 Å². The van der Waals surface area contributed by atoms with Crippen molar-refractivity contribution in [1.82, 2.24) is 5.43 Å². The molecule has 1 atom stereocenters. The number of nitrogens with one attached hydrogen (secondary N) is 1. The molecular formula is C14H17IN2OS. The van der Waals surface area contributed by atoms with E-state index in [0.29, 0.717) is 0 Å². The van der Waals surface area contributed by atoms with Gasteiger partial charge < -0.3 is 4.74 Å². The second-order valence-electron chi connectivity index (χ2n) is 4.46. The van der Waals surface area contributed by atoms with Crippen molar-refractivity contribution >= 4 is 33.9 Å². The number of hydrogen-bond acceptors (Lipinski definition) is 4. The van der Waals surface area contributed by atoms with Crippen LogP contribution in [-0.4, -0.2) is 7.11 Å². The number of aryl methyl sites for hydroxylation is 2. The molecule has 19 heavy (non-hydrogen) atoms. The van der Waals surface area contributed by atoms with Crippen LogP contribution >= 0.6 is 33.9 Å². The average molecular weight is 388 g/mol. The summed E-state index contributed by atoms with van der Waals surface area (Å²) in [5.74, 6) is 6.67. The molecule has 0 spiro atoms. The maximum atomic E-state index is 5.76. The molecule has 102 valence electrons. The Bertz CT molecular complexity index is 583. The van der Waals surface area contributed by atoms with Gasteiger partial charge in [0.15, 0.2) is 0 Å². The molecule has 1 aromatic heterocycles. The van der Waals surface area contributed by atoms with Gasteiger partial charge in [-0.25, -0.2) is 5.43 Å². The smallest absolute Gasteiger partial charge is 0.122 e. The van der Waals surface area contributed by atoms with Gasteiger partial charge in [0, 0.05) is 0 Å². The lowest BCUT2D eigenvalue weighted by molar-refractivity contribution is 0.411. The summed E-state index contributed by atoms with van der Waals surface area (Å²) in [4.78, 5) is 0. The molecule has 0 saturated carbocycles. The standard InChI is InChI=1S/C14H17IN2OS/c1-8-5-12(18-3)9(2)4-11(8)14(17-16)10-6-13(15)19-7-10/h4-7,14,17H,16H2,1-3H3. The van der Waals surface area contributed by atoms with Crippen LogP contribution in [0.3, 0.4) is 0 Å².